The highest BCUT2D eigenvalue weighted by Crippen LogP contribution is 2.15. The van der Waals surface area contributed by atoms with E-state index in [0.717, 1.165) is 4.88 Å². The maximum atomic E-state index is 12.9. The Bertz CT molecular complexity index is 900. The number of carbonyl (C=O) groups is 1. The molecule has 0 aliphatic carbocycles. The van der Waals surface area contributed by atoms with Crippen LogP contribution >= 0.6 is 11.3 Å². The SMILES string of the molecule is COCCN(Cc1cccs1)C(=O)c1nnn2cc(C)[nH]c(=O)c12. The number of carbonyl (C=O) groups excluding carboxylic acids is 1. The Morgan fingerprint density at radius 1 is 1.50 bits per heavy atom. The van der Waals surface area contributed by atoms with E-state index >= 15 is 0 Å². The summed E-state index contributed by atoms with van der Waals surface area (Å²) in [6, 6.07) is 3.89. The van der Waals surface area contributed by atoms with Crippen molar-refractivity contribution in [1.29, 1.82) is 0 Å². The van der Waals surface area contributed by atoms with Crippen LogP contribution in [0.25, 0.3) is 5.52 Å². The average molecular weight is 347 g/mol. The van der Waals surface area contributed by atoms with Crippen LogP contribution in [-0.4, -0.2) is 50.9 Å². The Balaban J connectivity index is 1.96. The van der Waals surface area contributed by atoms with Crippen LogP contribution in [0, 0.1) is 6.92 Å². The average Bonchev–Trinajstić information content (AvgIpc) is 3.20. The van der Waals surface area contributed by atoms with Crippen molar-refractivity contribution in [3.05, 3.63) is 50.3 Å². The summed E-state index contributed by atoms with van der Waals surface area (Å²) in [6.07, 6.45) is 1.62. The molecule has 0 spiro atoms. The summed E-state index contributed by atoms with van der Waals surface area (Å²) >= 11 is 1.56. The first kappa shape index (κ1) is 16.3. The minimum absolute atomic E-state index is 0.0453. The van der Waals surface area contributed by atoms with Gasteiger partial charge >= 0.3 is 0 Å². The van der Waals surface area contributed by atoms with Crippen molar-refractivity contribution in [1.82, 2.24) is 24.7 Å². The molecule has 0 atom stereocenters. The molecular weight excluding hydrogens is 330 g/mol. The molecular formula is C15H17N5O3S. The summed E-state index contributed by atoms with van der Waals surface area (Å²) < 4.78 is 6.42. The van der Waals surface area contributed by atoms with E-state index in [-0.39, 0.29) is 22.7 Å². The molecule has 24 heavy (non-hydrogen) atoms. The predicted molar refractivity (Wildman–Crippen MR) is 89.3 cm³/mol. The molecule has 3 aromatic heterocycles. The summed E-state index contributed by atoms with van der Waals surface area (Å²) in [5, 5.41) is 9.77. The Kier molecular flexibility index (Phi) is 4.72. The first-order valence-electron chi connectivity index (χ1n) is 7.35. The van der Waals surface area contributed by atoms with Crippen LogP contribution < -0.4 is 5.56 Å². The number of amides is 1. The van der Waals surface area contributed by atoms with Gasteiger partial charge in [0.1, 0.15) is 0 Å². The lowest BCUT2D eigenvalue weighted by Gasteiger charge is -2.20. The van der Waals surface area contributed by atoms with Crippen molar-refractivity contribution in [3.8, 4) is 0 Å². The second-order valence-electron chi connectivity index (χ2n) is 5.30. The monoisotopic (exact) mass is 347 g/mol. The normalized spacial score (nSPS) is 11.1. The maximum absolute atomic E-state index is 12.9. The Hall–Kier alpha value is -2.52. The highest BCUT2D eigenvalue weighted by Gasteiger charge is 2.24. The van der Waals surface area contributed by atoms with Crippen molar-refractivity contribution < 1.29 is 9.53 Å². The molecule has 0 saturated carbocycles. The number of rotatable bonds is 6. The molecule has 3 aromatic rings. The van der Waals surface area contributed by atoms with E-state index in [4.69, 9.17) is 4.74 Å². The van der Waals surface area contributed by atoms with E-state index < -0.39 is 0 Å². The summed E-state index contributed by atoms with van der Waals surface area (Å²) in [5.74, 6) is -0.343. The van der Waals surface area contributed by atoms with E-state index in [0.29, 0.717) is 25.4 Å². The van der Waals surface area contributed by atoms with Crippen molar-refractivity contribution in [2.45, 2.75) is 13.5 Å². The van der Waals surface area contributed by atoms with E-state index in [2.05, 4.69) is 15.3 Å². The molecule has 8 nitrogen and oxygen atoms in total. The van der Waals surface area contributed by atoms with Crippen LogP contribution in [0.4, 0.5) is 0 Å². The van der Waals surface area contributed by atoms with Crippen molar-refractivity contribution in [3.63, 3.8) is 0 Å². The van der Waals surface area contributed by atoms with Gasteiger partial charge in [-0.05, 0) is 18.4 Å². The maximum Gasteiger partial charge on any atom is 0.277 e. The van der Waals surface area contributed by atoms with Gasteiger partial charge in [-0.1, -0.05) is 11.3 Å². The number of aromatic amines is 1. The van der Waals surface area contributed by atoms with E-state index in [1.807, 2.05) is 17.5 Å². The molecule has 0 aliphatic heterocycles. The lowest BCUT2D eigenvalue weighted by molar-refractivity contribution is 0.0678. The molecule has 0 aliphatic rings. The van der Waals surface area contributed by atoms with E-state index in [1.165, 1.54) is 4.52 Å². The third-order valence-electron chi connectivity index (χ3n) is 3.52. The molecule has 3 heterocycles. The van der Waals surface area contributed by atoms with Gasteiger partial charge in [0.15, 0.2) is 11.2 Å². The highest BCUT2D eigenvalue weighted by molar-refractivity contribution is 7.09. The summed E-state index contributed by atoms with van der Waals surface area (Å²) in [7, 11) is 1.58. The number of nitrogens with zero attached hydrogens (tertiary/aromatic N) is 4. The third kappa shape index (κ3) is 3.22. The first-order chi connectivity index (χ1) is 11.6. The van der Waals surface area contributed by atoms with E-state index in [1.54, 1.807) is 36.5 Å². The van der Waals surface area contributed by atoms with Crippen molar-refractivity contribution >= 4 is 22.8 Å². The molecule has 126 valence electrons. The molecule has 9 heteroatoms. The molecule has 0 saturated heterocycles. The van der Waals surface area contributed by atoms with Crippen LogP contribution in [0.3, 0.4) is 0 Å². The Morgan fingerprint density at radius 2 is 2.33 bits per heavy atom. The zero-order valence-electron chi connectivity index (χ0n) is 13.4. The lowest BCUT2D eigenvalue weighted by atomic mass is 10.3. The molecule has 0 radical (unpaired) electrons. The number of methoxy groups -OCH3 is 1. The quantitative estimate of drug-likeness (QED) is 0.720. The number of ether oxygens (including phenoxy) is 1. The fraction of sp³-hybridized carbons (Fsp3) is 0.333. The lowest BCUT2D eigenvalue weighted by Crippen LogP contribution is -2.34. The molecule has 0 unspecified atom stereocenters. The molecule has 0 aromatic carbocycles. The van der Waals surface area contributed by atoms with Crippen LogP contribution in [-0.2, 0) is 11.3 Å². The number of nitrogens with one attached hydrogen (secondary N) is 1. The van der Waals surface area contributed by atoms with Gasteiger partial charge in [-0.25, -0.2) is 4.52 Å². The summed E-state index contributed by atoms with van der Waals surface area (Å²) in [5.41, 5.74) is 0.459. The molecule has 0 bridgehead atoms. The van der Waals surface area contributed by atoms with Crippen LogP contribution in [0.15, 0.2) is 28.5 Å². The summed E-state index contributed by atoms with van der Waals surface area (Å²) in [6.45, 7) is 2.97. The van der Waals surface area contributed by atoms with Gasteiger partial charge < -0.3 is 14.6 Å². The third-order valence-corrected chi connectivity index (χ3v) is 4.38. The van der Waals surface area contributed by atoms with Gasteiger partial charge in [-0.15, -0.1) is 16.4 Å². The number of H-pyrrole nitrogens is 1. The number of thiophene rings is 1. The second kappa shape index (κ2) is 6.93. The Morgan fingerprint density at radius 3 is 3.04 bits per heavy atom. The van der Waals surface area contributed by atoms with Gasteiger partial charge in [-0.2, -0.15) is 0 Å². The standard InChI is InChI=1S/C15H17N5O3S/c1-10-8-20-13(14(21)16-10)12(17-18-20)15(22)19(5-6-23-2)9-11-4-3-7-24-11/h3-4,7-8H,5-6,9H2,1-2H3,(H,16,21). The van der Waals surface area contributed by atoms with Crippen molar-refractivity contribution in [2.75, 3.05) is 20.3 Å². The fourth-order valence-electron chi connectivity index (χ4n) is 2.39. The van der Waals surface area contributed by atoms with Crippen LogP contribution in [0.2, 0.25) is 0 Å². The van der Waals surface area contributed by atoms with Gasteiger partial charge in [0.05, 0.1) is 19.3 Å². The zero-order chi connectivity index (χ0) is 17.1. The molecule has 1 N–H and O–H groups in total. The fourth-order valence-corrected chi connectivity index (χ4v) is 3.11. The number of aromatic nitrogens is 4. The number of fused-ring (bicyclic) bond motifs is 1. The largest absolute Gasteiger partial charge is 0.383 e. The van der Waals surface area contributed by atoms with Crippen LogP contribution in [0.1, 0.15) is 21.1 Å². The minimum Gasteiger partial charge on any atom is -0.383 e. The van der Waals surface area contributed by atoms with E-state index in [9.17, 15) is 9.59 Å². The number of hydrogen-bond donors (Lipinski definition) is 1. The van der Waals surface area contributed by atoms with Gasteiger partial charge in [0.2, 0.25) is 0 Å². The summed E-state index contributed by atoms with van der Waals surface area (Å²) in [4.78, 5) is 30.4. The second-order valence-corrected chi connectivity index (χ2v) is 6.33. The van der Waals surface area contributed by atoms with Gasteiger partial charge in [-0.3, -0.25) is 9.59 Å². The molecule has 3 rings (SSSR count). The van der Waals surface area contributed by atoms with Gasteiger partial charge in [0.25, 0.3) is 11.5 Å². The number of aryl methyl sites for hydroxylation is 1. The first-order valence-corrected chi connectivity index (χ1v) is 8.23. The highest BCUT2D eigenvalue weighted by atomic mass is 32.1. The molecule has 0 fully saturated rings. The van der Waals surface area contributed by atoms with Crippen molar-refractivity contribution in [2.24, 2.45) is 0 Å². The topological polar surface area (TPSA) is 92.6 Å². The minimum atomic E-state index is -0.383. The molecule has 1 amide bonds. The number of hydrogen-bond acceptors (Lipinski definition) is 6. The predicted octanol–water partition coefficient (Wildman–Crippen LogP) is 1.08. The smallest absolute Gasteiger partial charge is 0.277 e. The van der Waals surface area contributed by atoms with Crippen LogP contribution in [0.5, 0.6) is 0 Å². The Labute approximate surface area is 141 Å². The van der Waals surface area contributed by atoms with Gasteiger partial charge in [0, 0.05) is 24.2 Å². The zero-order valence-corrected chi connectivity index (χ0v) is 14.2.